The fraction of sp³-hybridized carbons (Fsp3) is 0.462. The number of carbonyl (C=O) groups is 1. The summed E-state index contributed by atoms with van der Waals surface area (Å²) in [5, 5.41) is 0. The molecule has 14 heavy (non-hydrogen) atoms. The van der Waals surface area contributed by atoms with Gasteiger partial charge in [-0.25, -0.2) is 0 Å². The highest BCUT2D eigenvalue weighted by molar-refractivity contribution is 6.00. The van der Waals surface area contributed by atoms with Gasteiger partial charge in [0.25, 0.3) is 0 Å². The summed E-state index contributed by atoms with van der Waals surface area (Å²) in [5.74, 6) is 0.329. The fourth-order valence-electron chi connectivity index (χ4n) is 2.32. The van der Waals surface area contributed by atoms with E-state index in [2.05, 4.69) is 6.92 Å². The number of rotatable bonds is 2. The zero-order valence-corrected chi connectivity index (χ0v) is 8.62. The zero-order valence-electron chi connectivity index (χ0n) is 8.62. The molecule has 0 amide bonds. The van der Waals surface area contributed by atoms with E-state index in [4.69, 9.17) is 0 Å². The van der Waals surface area contributed by atoms with Crippen molar-refractivity contribution in [3.63, 3.8) is 0 Å². The summed E-state index contributed by atoms with van der Waals surface area (Å²) >= 11 is 0. The molecule has 1 aliphatic rings. The Hall–Kier alpha value is -1.11. The lowest BCUT2D eigenvalue weighted by Crippen LogP contribution is -2.24. The third-order valence-electron chi connectivity index (χ3n) is 3.29. The normalized spacial score (nSPS) is 19.5. The SMILES string of the molecule is CC1(C(=O)c2ccccc2)CCCC1. The van der Waals surface area contributed by atoms with E-state index in [-0.39, 0.29) is 5.41 Å². The molecule has 0 atom stereocenters. The Kier molecular flexibility index (Phi) is 2.40. The molecule has 0 unspecified atom stereocenters. The van der Waals surface area contributed by atoms with E-state index in [0.29, 0.717) is 5.78 Å². The van der Waals surface area contributed by atoms with Crippen LogP contribution in [0.4, 0.5) is 0 Å². The Labute approximate surface area is 85.1 Å². The van der Waals surface area contributed by atoms with Crippen LogP contribution in [0.15, 0.2) is 30.3 Å². The van der Waals surface area contributed by atoms with Gasteiger partial charge >= 0.3 is 0 Å². The van der Waals surface area contributed by atoms with E-state index in [9.17, 15) is 4.79 Å². The highest BCUT2D eigenvalue weighted by Crippen LogP contribution is 2.40. The third-order valence-corrected chi connectivity index (χ3v) is 3.29. The molecule has 1 saturated carbocycles. The lowest BCUT2D eigenvalue weighted by Gasteiger charge is -2.21. The van der Waals surface area contributed by atoms with Gasteiger partial charge < -0.3 is 0 Å². The first-order valence-corrected chi connectivity index (χ1v) is 5.32. The molecule has 1 aromatic rings. The van der Waals surface area contributed by atoms with Gasteiger partial charge in [-0.1, -0.05) is 50.1 Å². The smallest absolute Gasteiger partial charge is 0.168 e. The molecule has 0 heterocycles. The number of ketones is 1. The van der Waals surface area contributed by atoms with Crippen molar-refractivity contribution in [3.8, 4) is 0 Å². The number of hydrogen-bond acceptors (Lipinski definition) is 1. The maximum atomic E-state index is 12.2. The van der Waals surface area contributed by atoms with Crippen LogP contribution in [-0.2, 0) is 0 Å². The lowest BCUT2D eigenvalue weighted by atomic mass is 9.81. The van der Waals surface area contributed by atoms with E-state index in [0.717, 1.165) is 18.4 Å². The molecule has 0 saturated heterocycles. The molecule has 1 fully saturated rings. The Morgan fingerprint density at radius 1 is 1.14 bits per heavy atom. The van der Waals surface area contributed by atoms with Crippen molar-refractivity contribution in [1.82, 2.24) is 0 Å². The minimum absolute atomic E-state index is 0.0820. The van der Waals surface area contributed by atoms with E-state index < -0.39 is 0 Å². The van der Waals surface area contributed by atoms with Crippen molar-refractivity contribution < 1.29 is 4.79 Å². The van der Waals surface area contributed by atoms with Crippen molar-refractivity contribution in [1.29, 1.82) is 0 Å². The molecule has 0 spiro atoms. The molecule has 0 bridgehead atoms. The maximum Gasteiger partial charge on any atom is 0.168 e. The second kappa shape index (κ2) is 3.56. The van der Waals surface area contributed by atoms with Crippen molar-refractivity contribution in [3.05, 3.63) is 35.9 Å². The molecule has 1 aromatic carbocycles. The zero-order chi connectivity index (χ0) is 10.0. The number of hydrogen-bond donors (Lipinski definition) is 0. The summed E-state index contributed by atoms with van der Waals surface area (Å²) in [4.78, 5) is 12.2. The van der Waals surface area contributed by atoms with Gasteiger partial charge in [-0.3, -0.25) is 4.79 Å². The average molecular weight is 188 g/mol. The summed E-state index contributed by atoms with van der Waals surface area (Å²) < 4.78 is 0. The molecule has 1 nitrogen and oxygen atoms in total. The van der Waals surface area contributed by atoms with E-state index >= 15 is 0 Å². The molecule has 0 radical (unpaired) electrons. The molecule has 0 N–H and O–H groups in total. The van der Waals surface area contributed by atoms with Crippen molar-refractivity contribution in [2.24, 2.45) is 5.41 Å². The predicted octanol–water partition coefficient (Wildman–Crippen LogP) is 3.45. The molecule has 74 valence electrons. The first kappa shape index (κ1) is 9.45. The average Bonchev–Trinajstić information content (AvgIpc) is 2.67. The van der Waals surface area contributed by atoms with E-state index in [1.165, 1.54) is 12.8 Å². The predicted molar refractivity (Wildman–Crippen MR) is 57.3 cm³/mol. The summed E-state index contributed by atoms with van der Waals surface area (Å²) in [6.45, 7) is 2.11. The van der Waals surface area contributed by atoms with Gasteiger partial charge in [0, 0.05) is 11.0 Å². The van der Waals surface area contributed by atoms with Crippen LogP contribution in [0.1, 0.15) is 43.0 Å². The molecule has 1 heteroatoms. The van der Waals surface area contributed by atoms with E-state index in [1.807, 2.05) is 30.3 Å². The fourth-order valence-corrected chi connectivity index (χ4v) is 2.32. The lowest BCUT2D eigenvalue weighted by molar-refractivity contribution is 0.0823. The van der Waals surface area contributed by atoms with Crippen LogP contribution in [0.2, 0.25) is 0 Å². The molecular weight excluding hydrogens is 172 g/mol. The standard InChI is InChI=1S/C13H16O/c1-13(9-5-6-10-13)12(14)11-7-3-2-4-8-11/h2-4,7-8H,5-6,9-10H2,1H3. The number of benzene rings is 1. The summed E-state index contributed by atoms with van der Waals surface area (Å²) in [5.41, 5.74) is 0.790. The van der Waals surface area contributed by atoms with Crippen LogP contribution in [0.3, 0.4) is 0 Å². The Bertz CT molecular complexity index is 320. The van der Waals surface area contributed by atoms with Crippen LogP contribution < -0.4 is 0 Å². The van der Waals surface area contributed by atoms with Gasteiger partial charge in [0.2, 0.25) is 0 Å². The van der Waals surface area contributed by atoms with Crippen LogP contribution in [0, 0.1) is 5.41 Å². The minimum Gasteiger partial charge on any atom is -0.294 e. The van der Waals surface area contributed by atoms with Gasteiger partial charge in [0.1, 0.15) is 0 Å². The molecular formula is C13H16O. The summed E-state index contributed by atoms with van der Waals surface area (Å²) in [7, 11) is 0. The van der Waals surface area contributed by atoms with Crippen molar-refractivity contribution >= 4 is 5.78 Å². The number of Topliss-reactive ketones (excluding diaryl/α,β-unsaturated/α-hetero) is 1. The second-order valence-corrected chi connectivity index (χ2v) is 4.46. The van der Waals surface area contributed by atoms with Crippen LogP contribution in [-0.4, -0.2) is 5.78 Å². The number of carbonyl (C=O) groups excluding carboxylic acids is 1. The van der Waals surface area contributed by atoms with Gasteiger partial charge in [0.15, 0.2) is 5.78 Å². The highest BCUT2D eigenvalue weighted by Gasteiger charge is 2.36. The van der Waals surface area contributed by atoms with Gasteiger partial charge in [0.05, 0.1) is 0 Å². The van der Waals surface area contributed by atoms with Crippen LogP contribution in [0.5, 0.6) is 0 Å². The largest absolute Gasteiger partial charge is 0.294 e. The molecule has 0 aromatic heterocycles. The van der Waals surface area contributed by atoms with Gasteiger partial charge in [-0.05, 0) is 12.8 Å². The molecule has 2 rings (SSSR count). The van der Waals surface area contributed by atoms with Gasteiger partial charge in [-0.15, -0.1) is 0 Å². The second-order valence-electron chi connectivity index (χ2n) is 4.46. The van der Waals surface area contributed by atoms with Crippen molar-refractivity contribution in [2.45, 2.75) is 32.6 Å². The topological polar surface area (TPSA) is 17.1 Å². The molecule has 1 aliphatic carbocycles. The summed E-state index contributed by atoms with van der Waals surface area (Å²) in [6, 6.07) is 9.67. The van der Waals surface area contributed by atoms with Gasteiger partial charge in [-0.2, -0.15) is 0 Å². The highest BCUT2D eigenvalue weighted by atomic mass is 16.1. The maximum absolute atomic E-state index is 12.2. The Morgan fingerprint density at radius 3 is 2.29 bits per heavy atom. The van der Waals surface area contributed by atoms with E-state index in [1.54, 1.807) is 0 Å². The Balaban J connectivity index is 2.24. The third kappa shape index (κ3) is 1.59. The first-order valence-electron chi connectivity index (χ1n) is 5.32. The van der Waals surface area contributed by atoms with Crippen LogP contribution in [0.25, 0.3) is 0 Å². The minimum atomic E-state index is -0.0820. The monoisotopic (exact) mass is 188 g/mol. The van der Waals surface area contributed by atoms with Crippen LogP contribution >= 0.6 is 0 Å². The van der Waals surface area contributed by atoms with Crippen molar-refractivity contribution in [2.75, 3.05) is 0 Å². The quantitative estimate of drug-likeness (QED) is 0.650. The first-order chi connectivity index (χ1) is 6.72. The molecule has 0 aliphatic heterocycles. The Morgan fingerprint density at radius 2 is 1.71 bits per heavy atom. The summed E-state index contributed by atoms with van der Waals surface area (Å²) in [6.07, 6.45) is 4.52.